The Hall–Kier alpha value is -0.730. The maximum absolute atomic E-state index is 6.05. The average molecular weight is 223 g/mol. The molecule has 0 saturated carbocycles. The van der Waals surface area contributed by atoms with Crippen LogP contribution in [0.1, 0.15) is 12.0 Å². The molecule has 2 aliphatic rings. The van der Waals surface area contributed by atoms with Gasteiger partial charge in [-0.05, 0) is 37.1 Å². The fraction of sp³-hybridized carbons (Fsp3) is 0.500. The monoisotopic (exact) mass is 222 g/mol. The van der Waals surface area contributed by atoms with Crippen LogP contribution in [0, 0.1) is 0 Å². The number of hydrogen-bond acceptors (Lipinski definition) is 2. The first-order valence-electron chi connectivity index (χ1n) is 5.60. The highest BCUT2D eigenvalue weighted by Crippen LogP contribution is 2.34. The normalized spacial score (nSPS) is 24.6. The van der Waals surface area contributed by atoms with Crippen molar-refractivity contribution in [3.05, 3.63) is 28.8 Å². The number of anilines is 1. The van der Waals surface area contributed by atoms with Gasteiger partial charge in [0.25, 0.3) is 0 Å². The lowest BCUT2D eigenvalue weighted by molar-refractivity contribution is 0.613. The van der Waals surface area contributed by atoms with Gasteiger partial charge in [-0.2, -0.15) is 0 Å². The van der Waals surface area contributed by atoms with Gasteiger partial charge in [0.05, 0.1) is 0 Å². The van der Waals surface area contributed by atoms with Crippen LogP contribution in [0.3, 0.4) is 0 Å². The predicted molar refractivity (Wildman–Crippen MR) is 63.8 cm³/mol. The first-order chi connectivity index (χ1) is 7.34. The zero-order chi connectivity index (χ0) is 10.3. The van der Waals surface area contributed by atoms with E-state index in [1.807, 2.05) is 6.07 Å². The summed E-state index contributed by atoms with van der Waals surface area (Å²) >= 11 is 6.05. The van der Waals surface area contributed by atoms with Crippen LogP contribution in [0.2, 0.25) is 5.02 Å². The first kappa shape index (κ1) is 9.49. The largest absolute Gasteiger partial charge is 0.367 e. The highest BCUT2D eigenvalue weighted by Gasteiger charge is 2.29. The van der Waals surface area contributed by atoms with Crippen LogP contribution >= 0.6 is 11.6 Å². The molecule has 0 radical (unpaired) electrons. The molecule has 2 aliphatic heterocycles. The summed E-state index contributed by atoms with van der Waals surface area (Å²) in [6, 6.07) is 6.93. The van der Waals surface area contributed by atoms with E-state index in [4.69, 9.17) is 11.6 Å². The molecule has 0 aliphatic carbocycles. The summed E-state index contributed by atoms with van der Waals surface area (Å²) in [6.07, 6.45) is 2.39. The maximum Gasteiger partial charge on any atom is 0.0455 e. The van der Waals surface area contributed by atoms with E-state index in [1.54, 1.807) is 0 Å². The summed E-state index contributed by atoms with van der Waals surface area (Å²) < 4.78 is 0. The number of rotatable bonds is 0. The lowest BCUT2D eigenvalue weighted by Gasteiger charge is -2.24. The molecule has 3 heteroatoms. The van der Waals surface area contributed by atoms with E-state index in [1.165, 1.54) is 24.1 Å². The zero-order valence-electron chi connectivity index (χ0n) is 8.67. The molecule has 2 nitrogen and oxygen atoms in total. The summed E-state index contributed by atoms with van der Waals surface area (Å²) in [5.74, 6) is 0. The van der Waals surface area contributed by atoms with Crippen molar-refractivity contribution in [3.8, 4) is 0 Å². The number of nitrogens with zero attached hydrogens (tertiary/aromatic N) is 1. The molecule has 1 N–H and O–H groups in total. The topological polar surface area (TPSA) is 15.3 Å². The van der Waals surface area contributed by atoms with Crippen molar-refractivity contribution in [1.29, 1.82) is 0 Å². The molecule has 1 fully saturated rings. The molecule has 1 unspecified atom stereocenters. The van der Waals surface area contributed by atoms with Gasteiger partial charge < -0.3 is 10.2 Å². The number of fused-ring (bicyclic) bond motifs is 3. The fourth-order valence-electron chi connectivity index (χ4n) is 2.67. The zero-order valence-corrected chi connectivity index (χ0v) is 9.43. The molecule has 2 heterocycles. The second-order valence-corrected chi connectivity index (χ2v) is 4.82. The summed E-state index contributed by atoms with van der Waals surface area (Å²) in [5.41, 5.74) is 2.81. The van der Waals surface area contributed by atoms with Crippen molar-refractivity contribution in [1.82, 2.24) is 5.32 Å². The van der Waals surface area contributed by atoms with Crippen LogP contribution in [0.15, 0.2) is 18.2 Å². The van der Waals surface area contributed by atoms with Crippen LogP contribution in [-0.4, -0.2) is 25.7 Å². The van der Waals surface area contributed by atoms with Crippen LogP contribution in [0.4, 0.5) is 5.69 Å². The maximum atomic E-state index is 6.05. The Bertz CT molecular complexity index is 378. The number of halogens is 1. The standard InChI is InChI=1S/C12H15ClN2/c13-10-3-2-9-6-11-8-14-4-1-5-15(11)12(9)7-10/h2-3,7,11,14H,1,4-6,8H2. The Morgan fingerprint density at radius 3 is 3.27 bits per heavy atom. The van der Waals surface area contributed by atoms with Gasteiger partial charge in [-0.15, -0.1) is 0 Å². The molecule has 0 aromatic heterocycles. The van der Waals surface area contributed by atoms with E-state index in [0.717, 1.165) is 24.7 Å². The molecule has 80 valence electrons. The number of benzene rings is 1. The van der Waals surface area contributed by atoms with Crippen LogP contribution in [0.25, 0.3) is 0 Å². The van der Waals surface area contributed by atoms with Gasteiger partial charge in [0.2, 0.25) is 0 Å². The summed E-state index contributed by atoms with van der Waals surface area (Å²) in [5, 5.41) is 4.35. The lowest BCUT2D eigenvalue weighted by Crippen LogP contribution is -2.36. The SMILES string of the molecule is Clc1ccc2c(c1)N1CCCNCC1C2. The molecule has 1 aromatic carbocycles. The van der Waals surface area contributed by atoms with Gasteiger partial charge in [-0.3, -0.25) is 0 Å². The van der Waals surface area contributed by atoms with Gasteiger partial charge in [0.1, 0.15) is 0 Å². The fourth-order valence-corrected chi connectivity index (χ4v) is 2.83. The van der Waals surface area contributed by atoms with Crippen LogP contribution in [0.5, 0.6) is 0 Å². The van der Waals surface area contributed by atoms with Crippen LogP contribution in [-0.2, 0) is 6.42 Å². The van der Waals surface area contributed by atoms with E-state index in [2.05, 4.69) is 22.3 Å². The van der Waals surface area contributed by atoms with E-state index in [9.17, 15) is 0 Å². The van der Waals surface area contributed by atoms with E-state index < -0.39 is 0 Å². The van der Waals surface area contributed by atoms with E-state index in [0.29, 0.717) is 6.04 Å². The Labute approximate surface area is 95.2 Å². The molecule has 1 saturated heterocycles. The molecule has 1 aromatic rings. The molecular formula is C12H15ClN2. The molecule has 0 bridgehead atoms. The number of nitrogens with one attached hydrogen (secondary N) is 1. The minimum absolute atomic E-state index is 0.640. The van der Waals surface area contributed by atoms with Gasteiger partial charge in [0, 0.05) is 29.8 Å². The van der Waals surface area contributed by atoms with Gasteiger partial charge >= 0.3 is 0 Å². The van der Waals surface area contributed by atoms with Gasteiger partial charge in [-0.1, -0.05) is 17.7 Å². The third-order valence-electron chi connectivity index (χ3n) is 3.39. The second-order valence-electron chi connectivity index (χ2n) is 4.38. The second kappa shape index (κ2) is 3.69. The van der Waals surface area contributed by atoms with Crippen molar-refractivity contribution in [2.75, 3.05) is 24.5 Å². The van der Waals surface area contributed by atoms with Crippen molar-refractivity contribution >= 4 is 17.3 Å². The first-order valence-corrected chi connectivity index (χ1v) is 5.98. The smallest absolute Gasteiger partial charge is 0.0455 e. The average Bonchev–Trinajstić information content (AvgIpc) is 2.44. The summed E-state index contributed by atoms with van der Waals surface area (Å²) in [4.78, 5) is 2.52. The minimum Gasteiger partial charge on any atom is -0.367 e. The molecule has 0 spiro atoms. The van der Waals surface area contributed by atoms with Crippen molar-refractivity contribution in [2.45, 2.75) is 18.9 Å². The third-order valence-corrected chi connectivity index (χ3v) is 3.62. The van der Waals surface area contributed by atoms with E-state index >= 15 is 0 Å². The Kier molecular flexibility index (Phi) is 2.33. The summed E-state index contributed by atoms with van der Waals surface area (Å²) in [7, 11) is 0. The lowest BCUT2D eigenvalue weighted by atomic mass is 10.1. The Balaban J connectivity index is 1.98. The van der Waals surface area contributed by atoms with Crippen molar-refractivity contribution in [3.63, 3.8) is 0 Å². The van der Waals surface area contributed by atoms with Crippen molar-refractivity contribution < 1.29 is 0 Å². The number of hydrogen-bond donors (Lipinski definition) is 1. The molecule has 3 rings (SSSR count). The highest BCUT2D eigenvalue weighted by atomic mass is 35.5. The van der Waals surface area contributed by atoms with Gasteiger partial charge in [-0.25, -0.2) is 0 Å². The predicted octanol–water partition coefficient (Wildman–Crippen LogP) is 2.06. The quantitative estimate of drug-likeness (QED) is 0.723. The van der Waals surface area contributed by atoms with Crippen LogP contribution < -0.4 is 10.2 Å². The Morgan fingerprint density at radius 2 is 2.33 bits per heavy atom. The van der Waals surface area contributed by atoms with Crippen molar-refractivity contribution in [2.24, 2.45) is 0 Å². The van der Waals surface area contributed by atoms with E-state index in [-0.39, 0.29) is 0 Å². The minimum atomic E-state index is 0.640. The van der Waals surface area contributed by atoms with Gasteiger partial charge in [0.15, 0.2) is 0 Å². The highest BCUT2D eigenvalue weighted by molar-refractivity contribution is 6.30. The Morgan fingerprint density at radius 1 is 1.40 bits per heavy atom. The third kappa shape index (κ3) is 1.62. The molecule has 1 atom stereocenters. The molecular weight excluding hydrogens is 208 g/mol. The molecule has 15 heavy (non-hydrogen) atoms. The summed E-state index contributed by atoms with van der Waals surface area (Å²) in [6.45, 7) is 3.40. The molecule has 0 amide bonds.